The van der Waals surface area contributed by atoms with E-state index in [1.807, 2.05) is 54.6 Å². The zero-order valence-corrected chi connectivity index (χ0v) is 23.4. The maximum atomic E-state index is 11.2. The van der Waals surface area contributed by atoms with Crippen molar-refractivity contribution in [3.05, 3.63) is 100 Å². The van der Waals surface area contributed by atoms with Crippen molar-refractivity contribution >= 4 is 17.6 Å². The number of halogens is 1. The van der Waals surface area contributed by atoms with E-state index in [1.54, 1.807) is 0 Å². The van der Waals surface area contributed by atoms with Gasteiger partial charge in [-0.15, -0.1) is 0 Å². The van der Waals surface area contributed by atoms with Crippen LogP contribution < -0.4 is 14.6 Å². The molecule has 0 fully saturated rings. The molecule has 7 nitrogen and oxygen atoms in total. The zero-order valence-electron chi connectivity index (χ0n) is 22.6. The van der Waals surface area contributed by atoms with Crippen molar-refractivity contribution in [2.45, 2.75) is 52.4 Å². The van der Waals surface area contributed by atoms with Gasteiger partial charge in [0.1, 0.15) is 19.0 Å². The van der Waals surface area contributed by atoms with Crippen molar-refractivity contribution in [3.63, 3.8) is 0 Å². The second kappa shape index (κ2) is 13.0. The summed E-state index contributed by atoms with van der Waals surface area (Å²) in [6, 6.07) is 23.8. The van der Waals surface area contributed by atoms with E-state index < -0.39 is 5.97 Å². The summed E-state index contributed by atoms with van der Waals surface area (Å²) >= 11 is 6.84. The maximum Gasteiger partial charge on any atom is 0.161 e. The van der Waals surface area contributed by atoms with E-state index in [-0.39, 0.29) is 6.42 Å². The monoisotopic (exact) mass is 558 g/mol. The molecule has 1 aliphatic rings. The Labute approximate surface area is 239 Å². The number of fused-ring (bicyclic) bond motifs is 1. The number of imidazole rings is 1. The third-order valence-corrected chi connectivity index (χ3v) is 7.23. The number of aromatic nitrogens is 2. The number of hydrogen-bond donors (Lipinski definition) is 0. The van der Waals surface area contributed by atoms with Gasteiger partial charge in [-0.1, -0.05) is 85.6 Å². The highest BCUT2D eigenvalue weighted by atomic mass is 35.5. The van der Waals surface area contributed by atoms with E-state index in [2.05, 4.69) is 34.6 Å². The highest BCUT2D eigenvalue weighted by Crippen LogP contribution is 2.32. The Kier molecular flexibility index (Phi) is 9.04. The number of benzene rings is 3. The second-order valence-corrected chi connectivity index (χ2v) is 10.4. The van der Waals surface area contributed by atoms with E-state index in [9.17, 15) is 9.90 Å². The largest absolute Gasteiger partial charge is 0.550 e. The summed E-state index contributed by atoms with van der Waals surface area (Å²) in [5.74, 6) is 1.27. The molecule has 0 radical (unpaired) electrons. The highest BCUT2D eigenvalue weighted by Gasteiger charge is 2.21. The molecule has 0 saturated carbocycles. The lowest BCUT2D eigenvalue weighted by Crippen LogP contribution is -2.25. The first-order valence-corrected chi connectivity index (χ1v) is 14.1. The van der Waals surface area contributed by atoms with Gasteiger partial charge in [0.2, 0.25) is 0 Å². The van der Waals surface area contributed by atoms with Crippen molar-refractivity contribution in [3.8, 4) is 22.9 Å². The van der Waals surface area contributed by atoms with Gasteiger partial charge in [0, 0.05) is 44.1 Å². The predicted molar refractivity (Wildman–Crippen MR) is 153 cm³/mol. The molecule has 0 unspecified atom stereocenters. The van der Waals surface area contributed by atoms with Crippen LogP contribution in [0.5, 0.6) is 11.5 Å². The van der Waals surface area contributed by atoms with Crippen LogP contribution in [0.2, 0.25) is 5.15 Å². The summed E-state index contributed by atoms with van der Waals surface area (Å²) in [4.78, 5) is 18.3. The van der Waals surface area contributed by atoms with Crippen LogP contribution in [0.15, 0.2) is 72.8 Å². The third-order valence-electron chi connectivity index (χ3n) is 6.92. The number of ether oxygens (including phenoxy) is 2. The molecule has 2 heterocycles. The van der Waals surface area contributed by atoms with Gasteiger partial charge in [0.15, 0.2) is 16.7 Å². The van der Waals surface area contributed by atoms with E-state index in [1.165, 1.54) is 0 Å². The smallest absolute Gasteiger partial charge is 0.161 e. The topological polar surface area (TPSA) is 79.7 Å². The summed E-state index contributed by atoms with van der Waals surface area (Å²) in [5.41, 5.74) is 4.79. The summed E-state index contributed by atoms with van der Waals surface area (Å²) in [7, 11) is 0. The molecule has 1 aromatic heterocycles. The Morgan fingerprint density at radius 2 is 1.65 bits per heavy atom. The molecule has 0 spiro atoms. The van der Waals surface area contributed by atoms with E-state index in [0.717, 1.165) is 59.1 Å². The van der Waals surface area contributed by atoms with Crippen molar-refractivity contribution in [1.82, 2.24) is 14.5 Å². The Morgan fingerprint density at radius 3 is 2.40 bits per heavy atom. The SMILES string of the molecule is CCCCn1c(-c2ccccc2)nc(Cl)c1CN(Cc1cccc(CC(=O)[O-])c1)Cc1ccc2c(c1)OCCO2. The molecule has 0 bridgehead atoms. The molecule has 5 rings (SSSR count). The number of hydrogen-bond acceptors (Lipinski definition) is 6. The van der Waals surface area contributed by atoms with Crippen molar-refractivity contribution in [2.75, 3.05) is 13.2 Å². The molecule has 0 saturated heterocycles. The average molecular weight is 559 g/mol. The van der Waals surface area contributed by atoms with Crippen molar-refractivity contribution < 1.29 is 19.4 Å². The van der Waals surface area contributed by atoms with Crippen LogP contribution in [0.4, 0.5) is 0 Å². The Balaban J connectivity index is 1.49. The van der Waals surface area contributed by atoms with E-state index in [4.69, 9.17) is 26.1 Å². The van der Waals surface area contributed by atoms with E-state index in [0.29, 0.717) is 43.6 Å². The molecule has 0 N–H and O–H groups in total. The molecule has 8 heteroatoms. The van der Waals surface area contributed by atoms with Crippen LogP contribution in [0.3, 0.4) is 0 Å². The number of rotatable bonds is 12. The van der Waals surface area contributed by atoms with Gasteiger partial charge in [-0.3, -0.25) is 4.90 Å². The molecular weight excluding hydrogens is 526 g/mol. The van der Waals surface area contributed by atoms with Crippen LogP contribution >= 0.6 is 11.6 Å². The highest BCUT2D eigenvalue weighted by molar-refractivity contribution is 6.30. The minimum atomic E-state index is -1.09. The molecule has 4 aromatic rings. The fourth-order valence-corrected chi connectivity index (χ4v) is 5.30. The summed E-state index contributed by atoms with van der Waals surface area (Å²) in [6.07, 6.45) is 1.94. The van der Waals surface area contributed by atoms with Crippen molar-refractivity contribution in [2.24, 2.45) is 0 Å². The number of unbranched alkanes of at least 4 members (excludes halogenated alkanes) is 1. The van der Waals surface area contributed by atoms with Crippen LogP contribution in [0, 0.1) is 0 Å². The number of nitrogens with zero attached hydrogens (tertiary/aromatic N) is 3. The standard InChI is InChI=1S/C32H34ClN3O4/c1-2-3-14-36-27(31(33)34-32(36)26-10-5-4-6-11-26)22-35(20-24-9-7-8-23(17-24)19-30(37)38)21-25-12-13-28-29(18-25)40-16-15-39-28/h4-13,17-18H,2-3,14-16,19-22H2,1H3,(H,37,38)/p-1. The molecule has 0 atom stereocenters. The van der Waals surface area contributed by atoms with Gasteiger partial charge in [0.05, 0.1) is 5.69 Å². The molecule has 0 aliphatic carbocycles. The van der Waals surface area contributed by atoms with Gasteiger partial charge >= 0.3 is 0 Å². The summed E-state index contributed by atoms with van der Waals surface area (Å²) < 4.78 is 13.8. The zero-order chi connectivity index (χ0) is 27.9. The molecule has 3 aromatic carbocycles. The van der Waals surface area contributed by atoms with Gasteiger partial charge in [-0.25, -0.2) is 4.98 Å². The van der Waals surface area contributed by atoms with E-state index >= 15 is 0 Å². The second-order valence-electron chi connectivity index (χ2n) is 10.0. The Bertz CT molecular complexity index is 1450. The number of carbonyl (C=O) groups is 1. The fraction of sp³-hybridized carbons (Fsp3) is 0.312. The van der Waals surface area contributed by atoms with Gasteiger partial charge < -0.3 is 23.9 Å². The van der Waals surface area contributed by atoms with Gasteiger partial charge in [0.25, 0.3) is 0 Å². The number of carbonyl (C=O) groups excluding carboxylic acids is 1. The number of aliphatic carboxylic acids is 1. The maximum absolute atomic E-state index is 11.2. The lowest BCUT2D eigenvalue weighted by molar-refractivity contribution is -0.304. The normalized spacial score (nSPS) is 12.6. The molecule has 0 amide bonds. The first-order chi connectivity index (χ1) is 19.5. The lowest BCUT2D eigenvalue weighted by atomic mass is 10.1. The summed E-state index contributed by atoms with van der Waals surface area (Å²) in [6.45, 7) is 5.83. The summed E-state index contributed by atoms with van der Waals surface area (Å²) in [5, 5.41) is 11.7. The lowest BCUT2D eigenvalue weighted by Gasteiger charge is -2.25. The Morgan fingerprint density at radius 1 is 0.925 bits per heavy atom. The van der Waals surface area contributed by atoms with Crippen molar-refractivity contribution in [1.29, 1.82) is 0 Å². The number of carboxylic acids is 1. The van der Waals surface area contributed by atoms with Gasteiger partial charge in [-0.05, 0) is 35.2 Å². The van der Waals surface area contributed by atoms with Crippen LogP contribution in [0.25, 0.3) is 11.4 Å². The number of carboxylic acid groups (broad SMARTS) is 1. The first-order valence-electron chi connectivity index (χ1n) is 13.7. The predicted octanol–water partition coefficient (Wildman–Crippen LogP) is 5.27. The molecular formula is C32H33ClN3O4-. The third kappa shape index (κ3) is 6.84. The quantitative estimate of drug-likeness (QED) is 0.236. The van der Waals surface area contributed by atoms with Crippen LogP contribution in [0.1, 0.15) is 42.1 Å². The minimum Gasteiger partial charge on any atom is -0.550 e. The van der Waals surface area contributed by atoms with Gasteiger partial charge in [-0.2, -0.15) is 0 Å². The molecule has 208 valence electrons. The average Bonchev–Trinajstić information content (AvgIpc) is 3.26. The van der Waals surface area contributed by atoms with Crippen LogP contribution in [-0.4, -0.2) is 33.6 Å². The first kappa shape index (κ1) is 27.7. The molecule has 1 aliphatic heterocycles. The molecule has 40 heavy (non-hydrogen) atoms. The Hall–Kier alpha value is -3.81. The minimum absolute atomic E-state index is 0.119. The van der Waals surface area contributed by atoms with Crippen LogP contribution in [-0.2, 0) is 37.4 Å². The fourth-order valence-electron chi connectivity index (χ4n) is 5.06.